The van der Waals surface area contributed by atoms with Crippen molar-refractivity contribution in [2.75, 3.05) is 11.9 Å². The van der Waals surface area contributed by atoms with Crippen LogP contribution in [0.25, 0.3) is 0 Å². The van der Waals surface area contributed by atoms with Crippen LogP contribution in [-0.4, -0.2) is 34.9 Å². The van der Waals surface area contributed by atoms with Gasteiger partial charge in [0.1, 0.15) is 5.00 Å². The molecule has 2 atom stereocenters. The quantitative estimate of drug-likeness (QED) is 0.684. The van der Waals surface area contributed by atoms with Gasteiger partial charge >= 0.3 is 12.0 Å². The summed E-state index contributed by atoms with van der Waals surface area (Å²) in [5, 5.41) is 25.9. The number of hydrogen-bond donors (Lipinski definition) is 4. The third-order valence-corrected chi connectivity index (χ3v) is 4.35. The molecule has 1 saturated carbocycles. The van der Waals surface area contributed by atoms with Gasteiger partial charge in [0.15, 0.2) is 0 Å². The predicted octanol–water partition coefficient (Wildman–Crippen LogP) is 2.12. The first-order valence-electron chi connectivity index (χ1n) is 6.61. The van der Waals surface area contributed by atoms with Crippen LogP contribution in [0.4, 0.5) is 9.80 Å². The number of urea groups is 1. The van der Waals surface area contributed by atoms with Crippen LogP contribution in [0.1, 0.15) is 36.0 Å². The number of thiophene rings is 1. The summed E-state index contributed by atoms with van der Waals surface area (Å²) in [6.07, 6.45) is 3.42. The van der Waals surface area contributed by atoms with Crippen LogP contribution in [0.3, 0.4) is 0 Å². The predicted molar refractivity (Wildman–Crippen MR) is 76.3 cm³/mol. The van der Waals surface area contributed by atoms with Crippen molar-refractivity contribution in [3.05, 3.63) is 17.0 Å². The fourth-order valence-corrected chi connectivity index (χ4v) is 3.15. The lowest BCUT2D eigenvalue weighted by atomic mass is 9.86. The lowest BCUT2D eigenvalue weighted by Gasteiger charge is -2.27. The number of rotatable bonds is 4. The smallest absolute Gasteiger partial charge is 0.338 e. The van der Waals surface area contributed by atoms with Gasteiger partial charge in [-0.25, -0.2) is 9.59 Å². The molecule has 1 aromatic rings. The number of aromatic carboxylic acids is 1. The molecule has 1 fully saturated rings. The van der Waals surface area contributed by atoms with Crippen molar-refractivity contribution in [1.82, 2.24) is 5.32 Å². The maximum atomic E-state index is 11.7. The van der Waals surface area contributed by atoms with Gasteiger partial charge < -0.3 is 15.5 Å². The van der Waals surface area contributed by atoms with Gasteiger partial charge in [-0.15, -0.1) is 11.3 Å². The fourth-order valence-electron chi connectivity index (χ4n) is 2.37. The molecule has 0 aromatic carbocycles. The van der Waals surface area contributed by atoms with Gasteiger partial charge in [0.05, 0.1) is 11.7 Å². The minimum Gasteiger partial charge on any atom is -0.478 e. The van der Waals surface area contributed by atoms with E-state index in [2.05, 4.69) is 10.6 Å². The minimum atomic E-state index is -1.07. The van der Waals surface area contributed by atoms with Gasteiger partial charge in [0, 0.05) is 12.5 Å². The fraction of sp³-hybridized carbons (Fsp3) is 0.538. The molecule has 7 heteroatoms. The Morgan fingerprint density at radius 2 is 2.10 bits per heavy atom. The summed E-state index contributed by atoms with van der Waals surface area (Å²) in [7, 11) is 0. The van der Waals surface area contributed by atoms with E-state index in [1.54, 1.807) is 5.38 Å². The molecule has 0 aliphatic heterocycles. The number of carboxylic acids is 1. The Labute approximate surface area is 120 Å². The van der Waals surface area contributed by atoms with Crippen molar-refractivity contribution >= 4 is 28.3 Å². The average Bonchev–Trinajstić information content (AvgIpc) is 2.86. The van der Waals surface area contributed by atoms with E-state index in [0.717, 1.165) is 25.7 Å². The Morgan fingerprint density at radius 1 is 1.35 bits per heavy atom. The zero-order chi connectivity index (χ0) is 14.5. The maximum Gasteiger partial charge on any atom is 0.338 e. The highest BCUT2D eigenvalue weighted by molar-refractivity contribution is 7.14. The third kappa shape index (κ3) is 3.71. The second-order valence-corrected chi connectivity index (χ2v) is 5.83. The van der Waals surface area contributed by atoms with Crippen molar-refractivity contribution in [3.63, 3.8) is 0 Å². The summed E-state index contributed by atoms with van der Waals surface area (Å²) in [6, 6.07) is 1.01. The summed E-state index contributed by atoms with van der Waals surface area (Å²) in [5.74, 6) is -0.985. The Hall–Kier alpha value is -1.60. The molecule has 110 valence electrons. The number of nitrogens with one attached hydrogen (secondary N) is 2. The molecule has 1 aliphatic carbocycles. The maximum absolute atomic E-state index is 11.7. The second kappa shape index (κ2) is 6.71. The lowest BCUT2D eigenvalue weighted by molar-refractivity contribution is 0.0697. The Morgan fingerprint density at radius 3 is 2.80 bits per heavy atom. The molecule has 1 aliphatic rings. The van der Waals surface area contributed by atoms with Crippen LogP contribution in [-0.2, 0) is 0 Å². The van der Waals surface area contributed by atoms with Crippen molar-refractivity contribution in [2.45, 2.75) is 31.8 Å². The molecule has 4 N–H and O–H groups in total. The van der Waals surface area contributed by atoms with E-state index in [4.69, 9.17) is 5.11 Å². The minimum absolute atomic E-state index is 0.0804. The summed E-state index contributed by atoms with van der Waals surface area (Å²) in [6.45, 7) is 0.404. The molecule has 1 aromatic heterocycles. The molecule has 0 spiro atoms. The molecule has 2 unspecified atom stereocenters. The number of aliphatic hydroxyl groups excluding tert-OH is 1. The molecule has 2 rings (SSSR count). The molecular formula is C13H18N2O4S. The van der Waals surface area contributed by atoms with E-state index >= 15 is 0 Å². The summed E-state index contributed by atoms with van der Waals surface area (Å²) >= 11 is 1.17. The average molecular weight is 298 g/mol. The molecule has 6 nitrogen and oxygen atoms in total. The number of aliphatic hydroxyl groups is 1. The van der Waals surface area contributed by atoms with E-state index in [-0.39, 0.29) is 17.6 Å². The second-order valence-electron chi connectivity index (χ2n) is 4.92. The van der Waals surface area contributed by atoms with E-state index < -0.39 is 12.0 Å². The lowest BCUT2D eigenvalue weighted by Crippen LogP contribution is -2.38. The van der Waals surface area contributed by atoms with Gasteiger partial charge in [-0.2, -0.15) is 0 Å². The van der Waals surface area contributed by atoms with Crippen LogP contribution < -0.4 is 10.6 Å². The van der Waals surface area contributed by atoms with Crippen LogP contribution in [0, 0.1) is 5.92 Å². The van der Waals surface area contributed by atoms with Gasteiger partial charge in [-0.05, 0) is 24.3 Å². The number of carboxylic acid groups (broad SMARTS) is 1. The molecule has 0 saturated heterocycles. The standard InChI is InChI=1S/C13H18N2O4S/c16-10-4-2-1-3-8(10)7-14-13(19)15-11-9(12(17)18)5-6-20-11/h5-6,8,10,16H,1-4,7H2,(H,17,18)(H2,14,15,19). The number of amides is 2. The van der Waals surface area contributed by atoms with Crippen molar-refractivity contribution in [2.24, 2.45) is 5.92 Å². The number of anilines is 1. The largest absolute Gasteiger partial charge is 0.478 e. The molecule has 0 radical (unpaired) electrons. The van der Waals surface area contributed by atoms with Crippen molar-refractivity contribution in [3.8, 4) is 0 Å². The SMILES string of the molecule is O=C(NCC1CCCCC1O)Nc1sccc1C(=O)O. The van der Waals surface area contributed by atoms with E-state index in [1.807, 2.05) is 0 Å². The van der Waals surface area contributed by atoms with Gasteiger partial charge in [-0.3, -0.25) is 5.32 Å². The molecule has 20 heavy (non-hydrogen) atoms. The zero-order valence-electron chi connectivity index (χ0n) is 11.0. The van der Waals surface area contributed by atoms with Gasteiger partial charge in [0.2, 0.25) is 0 Å². The highest BCUT2D eigenvalue weighted by Gasteiger charge is 2.23. The van der Waals surface area contributed by atoms with Crippen LogP contribution in [0.5, 0.6) is 0 Å². The molecule has 2 amide bonds. The summed E-state index contributed by atoms with van der Waals surface area (Å²) in [5.41, 5.74) is 0.0860. The van der Waals surface area contributed by atoms with Crippen LogP contribution in [0.15, 0.2) is 11.4 Å². The first-order valence-corrected chi connectivity index (χ1v) is 7.49. The number of carbonyl (C=O) groups is 2. The topological polar surface area (TPSA) is 98.7 Å². The van der Waals surface area contributed by atoms with E-state index in [9.17, 15) is 14.7 Å². The van der Waals surface area contributed by atoms with Gasteiger partial charge in [-0.1, -0.05) is 12.8 Å². The molecule has 0 bridgehead atoms. The number of hydrogen-bond acceptors (Lipinski definition) is 4. The van der Waals surface area contributed by atoms with Crippen molar-refractivity contribution in [1.29, 1.82) is 0 Å². The summed E-state index contributed by atoms with van der Waals surface area (Å²) in [4.78, 5) is 22.7. The number of carbonyl (C=O) groups excluding carboxylic acids is 1. The first kappa shape index (κ1) is 14.8. The van der Waals surface area contributed by atoms with Crippen LogP contribution >= 0.6 is 11.3 Å². The normalized spacial score (nSPS) is 22.2. The summed E-state index contributed by atoms with van der Waals surface area (Å²) < 4.78 is 0. The van der Waals surface area contributed by atoms with E-state index in [1.165, 1.54) is 17.4 Å². The highest BCUT2D eigenvalue weighted by atomic mass is 32.1. The zero-order valence-corrected chi connectivity index (χ0v) is 11.8. The Kier molecular flexibility index (Phi) is 4.97. The highest BCUT2D eigenvalue weighted by Crippen LogP contribution is 2.24. The molecule has 1 heterocycles. The van der Waals surface area contributed by atoms with E-state index in [0.29, 0.717) is 11.5 Å². The molecular weight excluding hydrogens is 280 g/mol. The Bertz CT molecular complexity index is 488. The van der Waals surface area contributed by atoms with Crippen molar-refractivity contribution < 1.29 is 19.8 Å². The van der Waals surface area contributed by atoms with Crippen LogP contribution in [0.2, 0.25) is 0 Å². The Balaban J connectivity index is 1.83. The third-order valence-electron chi connectivity index (χ3n) is 3.52. The van der Waals surface area contributed by atoms with Gasteiger partial charge in [0.25, 0.3) is 0 Å². The monoisotopic (exact) mass is 298 g/mol. The first-order chi connectivity index (χ1) is 9.58.